The second-order valence-corrected chi connectivity index (χ2v) is 16.4. The Balaban J connectivity index is 0.972. The van der Waals surface area contributed by atoms with E-state index in [0.29, 0.717) is 0 Å². The van der Waals surface area contributed by atoms with Gasteiger partial charge in [0.2, 0.25) is 0 Å². The van der Waals surface area contributed by atoms with Crippen LogP contribution >= 0.6 is 0 Å². The van der Waals surface area contributed by atoms with Gasteiger partial charge in [0, 0.05) is 55.1 Å². The van der Waals surface area contributed by atoms with Gasteiger partial charge in [-0.05, 0) is 93.0 Å². The van der Waals surface area contributed by atoms with Crippen LogP contribution in [0.2, 0.25) is 0 Å². The van der Waals surface area contributed by atoms with Crippen molar-refractivity contribution >= 4 is 60.9 Å². The smallest absolute Gasteiger partial charge is 0.143 e. The van der Waals surface area contributed by atoms with Gasteiger partial charge in [0.05, 0.1) is 0 Å². The summed E-state index contributed by atoms with van der Waals surface area (Å²) >= 11 is 0. The molecule has 0 aliphatic heterocycles. The SMILES string of the molecule is CC1(C)c2ccccc2-c2ccc(N(c3ccc(-c4ccccc4-c4cccc5c4oc4ccccc45)cc3)c3ccc(-c4cccc5c4oc4ccccc45)cc3)cc21. The quantitative estimate of drug-likeness (QED) is 0.169. The van der Waals surface area contributed by atoms with Crippen LogP contribution in [-0.2, 0) is 5.41 Å². The number of nitrogens with zero attached hydrogens (tertiary/aromatic N) is 1. The largest absolute Gasteiger partial charge is 0.455 e. The van der Waals surface area contributed by atoms with Crippen LogP contribution < -0.4 is 4.90 Å². The lowest BCUT2D eigenvalue weighted by Crippen LogP contribution is -2.16. The van der Waals surface area contributed by atoms with Gasteiger partial charge in [-0.25, -0.2) is 0 Å². The number of benzene rings is 9. The minimum atomic E-state index is -0.126. The lowest BCUT2D eigenvalue weighted by atomic mass is 9.82. The van der Waals surface area contributed by atoms with Gasteiger partial charge >= 0.3 is 0 Å². The van der Waals surface area contributed by atoms with Gasteiger partial charge in [0.15, 0.2) is 0 Å². The van der Waals surface area contributed by atoms with Gasteiger partial charge in [-0.2, -0.15) is 0 Å². The first kappa shape index (κ1) is 34.4. The lowest BCUT2D eigenvalue weighted by Gasteiger charge is -2.28. The standard InChI is InChI=1S/C57H39NO2/c1-57(2)51-22-8-5-15-44(51)45-34-33-40(35-52(45)57)58(39-31-27-37(28-32-39)42-18-11-20-49-46-16-6-9-23-53(46)59-55(42)49)38-29-25-36(26-30-38)41-13-3-4-14-43(41)48-19-12-21-50-47-17-7-10-24-54(47)60-56(48)50/h3-35H,1-2H3. The van der Waals surface area contributed by atoms with E-state index in [2.05, 4.69) is 195 Å². The third kappa shape index (κ3) is 5.22. The van der Waals surface area contributed by atoms with Crippen LogP contribution in [0, 0.1) is 0 Å². The summed E-state index contributed by atoms with van der Waals surface area (Å²) in [5, 5.41) is 4.53. The molecule has 0 amide bonds. The first-order chi connectivity index (χ1) is 29.5. The van der Waals surface area contributed by atoms with Crippen LogP contribution in [0.1, 0.15) is 25.0 Å². The van der Waals surface area contributed by atoms with Gasteiger partial charge in [0.25, 0.3) is 0 Å². The fraction of sp³-hybridized carbons (Fsp3) is 0.0526. The van der Waals surface area contributed by atoms with E-state index in [-0.39, 0.29) is 5.41 Å². The Kier molecular flexibility index (Phi) is 7.58. The van der Waals surface area contributed by atoms with Crippen molar-refractivity contribution in [2.45, 2.75) is 19.3 Å². The molecule has 2 aromatic heterocycles. The summed E-state index contributed by atoms with van der Waals surface area (Å²) in [7, 11) is 0. The van der Waals surface area contributed by atoms with Gasteiger partial charge < -0.3 is 13.7 Å². The van der Waals surface area contributed by atoms with Crippen LogP contribution in [0.25, 0.3) is 88.4 Å². The number of para-hydroxylation sites is 4. The summed E-state index contributed by atoms with van der Waals surface area (Å²) in [5.74, 6) is 0. The van der Waals surface area contributed by atoms with Gasteiger partial charge in [-0.1, -0.05) is 166 Å². The highest BCUT2D eigenvalue weighted by atomic mass is 16.3. The molecule has 3 nitrogen and oxygen atoms in total. The number of furan rings is 2. The summed E-state index contributed by atoms with van der Waals surface area (Å²) in [5.41, 5.74) is 18.8. The molecule has 0 radical (unpaired) electrons. The highest BCUT2D eigenvalue weighted by molar-refractivity contribution is 6.11. The molecule has 12 rings (SSSR count). The number of anilines is 3. The molecule has 0 fully saturated rings. The first-order valence-electron chi connectivity index (χ1n) is 20.7. The molecule has 0 unspecified atom stereocenters. The average molecular weight is 770 g/mol. The number of rotatable bonds is 6. The van der Waals surface area contributed by atoms with Crippen molar-refractivity contribution in [2.75, 3.05) is 4.90 Å². The summed E-state index contributed by atoms with van der Waals surface area (Å²) in [4.78, 5) is 2.38. The van der Waals surface area contributed by atoms with Crippen molar-refractivity contribution in [3.63, 3.8) is 0 Å². The molecule has 0 spiro atoms. The summed E-state index contributed by atoms with van der Waals surface area (Å²) < 4.78 is 13.0. The van der Waals surface area contributed by atoms with E-state index >= 15 is 0 Å². The Bertz CT molecular complexity index is 3460. The summed E-state index contributed by atoms with van der Waals surface area (Å²) in [6.45, 7) is 4.69. The zero-order chi connectivity index (χ0) is 40.0. The zero-order valence-corrected chi connectivity index (χ0v) is 33.3. The summed E-state index contributed by atoms with van der Waals surface area (Å²) in [6.07, 6.45) is 0. The highest BCUT2D eigenvalue weighted by Crippen LogP contribution is 2.51. The number of fused-ring (bicyclic) bond motifs is 9. The molecular weight excluding hydrogens is 731 g/mol. The monoisotopic (exact) mass is 769 g/mol. The van der Waals surface area contributed by atoms with E-state index in [1.54, 1.807) is 0 Å². The van der Waals surface area contributed by atoms with E-state index in [9.17, 15) is 0 Å². The number of hydrogen-bond acceptors (Lipinski definition) is 3. The third-order valence-electron chi connectivity index (χ3n) is 12.7. The van der Waals surface area contributed by atoms with E-state index in [1.807, 2.05) is 24.3 Å². The predicted molar refractivity (Wildman–Crippen MR) is 250 cm³/mol. The second kappa shape index (κ2) is 13.2. The van der Waals surface area contributed by atoms with E-state index in [4.69, 9.17) is 8.83 Å². The van der Waals surface area contributed by atoms with Crippen LogP contribution in [0.3, 0.4) is 0 Å². The molecule has 0 N–H and O–H groups in total. The zero-order valence-electron chi connectivity index (χ0n) is 33.3. The molecule has 1 aliphatic carbocycles. The van der Waals surface area contributed by atoms with E-state index < -0.39 is 0 Å². The van der Waals surface area contributed by atoms with Gasteiger partial charge in [-0.3, -0.25) is 0 Å². The fourth-order valence-corrected chi connectivity index (χ4v) is 9.76. The van der Waals surface area contributed by atoms with E-state index in [1.165, 1.54) is 22.3 Å². The van der Waals surface area contributed by atoms with Crippen molar-refractivity contribution < 1.29 is 8.83 Å². The minimum absolute atomic E-state index is 0.126. The van der Waals surface area contributed by atoms with Crippen molar-refractivity contribution in [1.29, 1.82) is 0 Å². The molecule has 0 atom stereocenters. The molecule has 2 heterocycles. The molecule has 0 saturated heterocycles. The Morgan fingerprint density at radius 2 is 0.783 bits per heavy atom. The van der Waals surface area contributed by atoms with Crippen LogP contribution in [0.5, 0.6) is 0 Å². The molecule has 11 aromatic rings. The fourth-order valence-electron chi connectivity index (χ4n) is 9.76. The molecule has 9 aromatic carbocycles. The van der Waals surface area contributed by atoms with Crippen molar-refractivity contribution in [3.05, 3.63) is 211 Å². The van der Waals surface area contributed by atoms with Crippen molar-refractivity contribution in [2.24, 2.45) is 0 Å². The first-order valence-corrected chi connectivity index (χ1v) is 20.7. The van der Waals surface area contributed by atoms with Crippen LogP contribution in [0.4, 0.5) is 17.1 Å². The Morgan fingerprint density at radius 3 is 1.43 bits per heavy atom. The molecule has 0 bridgehead atoms. The molecule has 1 aliphatic rings. The van der Waals surface area contributed by atoms with E-state index in [0.717, 1.165) is 94.3 Å². The highest BCUT2D eigenvalue weighted by Gasteiger charge is 2.35. The van der Waals surface area contributed by atoms with Gasteiger partial charge in [-0.15, -0.1) is 0 Å². The summed E-state index contributed by atoms with van der Waals surface area (Å²) in [6, 6.07) is 71.9. The Labute approximate surface area is 348 Å². The van der Waals surface area contributed by atoms with Crippen LogP contribution in [-0.4, -0.2) is 0 Å². The van der Waals surface area contributed by atoms with Crippen molar-refractivity contribution in [1.82, 2.24) is 0 Å². The van der Waals surface area contributed by atoms with Crippen molar-refractivity contribution in [3.8, 4) is 44.5 Å². The topological polar surface area (TPSA) is 29.5 Å². The lowest BCUT2D eigenvalue weighted by molar-refractivity contribution is 0.660. The minimum Gasteiger partial charge on any atom is -0.455 e. The molecule has 284 valence electrons. The Hall–Kier alpha value is -7.62. The molecular formula is C57H39NO2. The second-order valence-electron chi connectivity index (χ2n) is 16.4. The molecule has 3 heteroatoms. The molecule has 60 heavy (non-hydrogen) atoms. The predicted octanol–water partition coefficient (Wildman–Crippen LogP) is 16.3. The maximum atomic E-state index is 6.50. The maximum Gasteiger partial charge on any atom is 0.143 e. The van der Waals surface area contributed by atoms with Crippen LogP contribution in [0.15, 0.2) is 209 Å². The normalized spacial score (nSPS) is 13.0. The average Bonchev–Trinajstić information content (AvgIpc) is 3.95. The Morgan fingerprint density at radius 1 is 0.333 bits per heavy atom. The third-order valence-corrected chi connectivity index (χ3v) is 12.7. The molecule has 0 saturated carbocycles. The maximum absolute atomic E-state index is 6.50. The number of hydrogen-bond donors (Lipinski definition) is 0. The van der Waals surface area contributed by atoms with Gasteiger partial charge in [0.1, 0.15) is 22.3 Å².